The molecule has 1 aliphatic carbocycles. The van der Waals surface area contributed by atoms with Gasteiger partial charge in [-0.15, -0.1) is 0 Å². The molecule has 76 valence electrons. The molecule has 0 aromatic carbocycles. The Morgan fingerprint density at radius 1 is 1.46 bits per heavy atom. The Bertz CT molecular complexity index is 177. The highest BCUT2D eigenvalue weighted by Crippen LogP contribution is 2.39. The van der Waals surface area contributed by atoms with Crippen LogP contribution < -0.4 is 0 Å². The van der Waals surface area contributed by atoms with Crippen molar-refractivity contribution < 1.29 is 9.53 Å². The standard InChI is InChI=1S/C11H20O2/c1-9(2)10-6-4-5-7-11(10,8-12)13-3/h8-10H,4-7H2,1-3H3. The van der Waals surface area contributed by atoms with Crippen molar-refractivity contribution in [2.75, 3.05) is 7.11 Å². The molecule has 2 unspecified atom stereocenters. The maximum Gasteiger partial charge on any atom is 0.152 e. The molecule has 2 heteroatoms. The molecule has 0 N–H and O–H groups in total. The van der Waals surface area contributed by atoms with Gasteiger partial charge in [-0.05, 0) is 24.7 Å². The number of ether oxygens (including phenoxy) is 1. The minimum absolute atomic E-state index is 0.406. The number of aldehydes is 1. The van der Waals surface area contributed by atoms with Crippen LogP contribution >= 0.6 is 0 Å². The molecule has 0 aliphatic heterocycles. The SMILES string of the molecule is COC1(C=O)CCCCC1C(C)C. The second-order valence-electron chi connectivity index (χ2n) is 4.37. The van der Waals surface area contributed by atoms with E-state index in [9.17, 15) is 4.79 Å². The van der Waals surface area contributed by atoms with E-state index in [-0.39, 0.29) is 0 Å². The molecule has 1 saturated carbocycles. The summed E-state index contributed by atoms with van der Waals surface area (Å²) in [5, 5.41) is 0. The molecule has 2 nitrogen and oxygen atoms in total. The molecule has 0 amide bonds. The van der Waals surface area contributed by atoms with E-state index >= 15 is 0 Å². The summed E-state index contributed by atoms with van der Waals surface area (Å²) in [5.41, 5.74) is -0.480. The highest BCUT2D eigenvalue weighted by atomic mass is 16.5. The van der Waals surface area contributed by atoms with Crippen molar-refractivity contribution in [2.45, 2.75) is 45.1 Å². The Labute approximate surface area is 80.7 Å². The first-order valence-electron chi connectivity index (χ1n) is 5.18. The van der Waals surface area contributed by atoms with Gasteiger partial charge >= 0.3 is 0 Å². The second kappa shape index (κ2) is 4.23. The predicted octanol–water partition coefficient (Wildman–Crippen LogP) is 2.42. The van der Waals surface area contributed by atoms with Crippen LogP contribution in [0.15, 0.2) is 0 Å². The molecule has 1 aliphatic rings. The molecule has 0 bridgehead atoms. The molecule has 1 fully saturated rings. The molecule has 0 heterocycles. The van der Waals surface area contributed by atoms with Gasteiger partial charge in [0.2, 0.25) is 0 Å². The molecule has 0 radical (unpaired) electrons. The average Bonchev–Trinajstić information content (AvgIpc) is 2.17. The van der Waals surface area contributed by atoms with Crippen LogP contribution in [0.25, 0.3) is 0 Å². The van der Waals surface area contributed by atoms with E-state index in [1.807, 2.05) is 0 Å². The zero-order valence-electron chi connectivity index (χ0n) is 8.88. The second-order valence-corrected chi connectivity index (χ2v) is 4.37. The van der Waals surface area contributed by atoms with Crippen molar-refractivity contribution in [2.24, 2.45) is 11.8 Å². The van der Waals surface area contributed by atoms with Crippen molar-refractivity contribution in [3.8, 4) is 0 Å². The van der Waals surface area contributed by atoms with Crippen LogP contribution in [0.5, 0.6) is 0 Å². The number of carbonyl (C=O) groups is 1. The van der Waals surface area contributed by atoms with E-state index in [4.69, 9.17) is 4.74 Å². The van der Waals surface area contributed by atoms with Crippen LogP contribution in [0.4, 0.5) is 0 Å². The monoisotopic (exact) mass is 184 g/mol. The summed E-state index contributed by atoms with van der Waals surface area (Å²) >= 11 is 0. The molecule has 0 aromatic heterocycles. The third-order valence-corrected chi connectivity index (χ3v) is 3.34. The van der Waals surface area contributed by atoms with Crippen LogP contribution in [-0.2, 0) is 9.53 Å². The van der Waals surface area contributed by atoms with Crippen LogP contribution in [-0.4, -0.2) is 19.0 Å². The normalized spacial score (nSPS) is 34.9. The van der Waals surface area contributed by atoms with Crippen molar-refractivity contribution in [3.05, 3.63) is 0 Å². The molecule has 13 heavy (non-hydrogen) atoms. The van der Waals surface area contributed by atoms with E-state index < -0.39 is 5.60 Å². The minimum Gasteiger partial charge on any atom is -0.370 e. The summed E-state index contributed by atoms with van der Waals surface area (Å²) in [7, 11) is 1.66. The van der Waals surface area contributed by atoms with E-state index in [0.717, 1.165) is 25.5 Å². The fourth-order valence-electron chi connectivity index (χ4n) is 2.54. The Kier molecular flexibility index (Phi) is 3.48. The Balaban J connectivity index is 2.81. The van der Waals surface area contributed by atoms with Gasteiger partial charge in [-0.3, -0.25) is 0 Å². The maximum absolute atomic E-state index is 11.1. The third kappa shape index (κ3) is 1.93. The molecule has 1 rings (SSSR count). The molecule has 0 saturated heterocycles. The van der Waals surface area contributed by atoms with Crippen LogP contribution in [0.3, 0.4) is 0 Å². The lowest BCUT2D eigenvalue weighted by Crippen LogP contribution is -2.46. The number of hydrogen-bond acceptors (Lipinski definition) is 2. The van der Waals surface area contributed by atoms with Gasteiger partial charge < -0.3 is 9.53 Å². The minimum atomic E-state index is -0.480. The summed E-state index contributed by atoms with van der Waals surface area (Å²) in [6.07, 6.45) is 5.41. The van der Waals surface area contributed by atoms with Gasteiger partial charge in [0.25, 0.3) is 0 Å². The molecular formula is C11H20O2. The maximum atomic E-state index is 11.1. The number of carbonyl (C=O) groups excluding carboxylic acids is 1. The van der Waals surface area contributed by atoms with Gasteiger partial charge in [-0.25, -0.2) is 0 Å². The highest BCUT2D eigenvalue weighted by Gasteiger charge is 2.42. The van der Waals surface area contributed by atoms with Crippen molar-refractivity contribution >= 4 is 6.29 Å². The Morgan fingerprint density at radius 2 is 2.15 bits per heavy atom. The smallest absolute Gasteiger partial charge is 0.152 e. The largest absolute Gasteiger partial charge is 0.370 e. The van der Waals surface area contributed by atoms with Crippen molar-refractivity contribution in [1.29, 1.82) is 0 Å². The first-order valence-corrected chi connectivity index (χ1v) is 5.18. The lowest BCUT2D eigenvalue weighted by Gasteiger charge is -2.41. The average molecular weight is 184 g/mol. The third-order valence-electron chi connectivity index (χ3n) is 3.34. The summed E-state index contributed by atoms with van der Waals surface area (Å²) in [6, 6.07) is 0. The van der Waals surface area contributed by atoms with Crippen LogP contribution in [0.1, 0.15) is 39.5 Å². The molecule has 0 aromatic rings. The summed E-state index contributed by atoms with van der Waals surface area (Å²) in [5.74, 6) is 0.939. The van der Waals surface area contributed by atoms with Gasteiger partial charge in [0.05, 0.1) is 0 Å². The lowest BCUT2D eigenvalue weighted by atomic mass is 9.71. The predicted molar refractivity (Wildman–Crippen MR) is 52.6 cm³/mol. The van der Waals surface area contributed by atoms with E-state index in [1.165, 1.54) is 6.42 Å². The van der Waals surface area contributed by atoms with E-state index in [1.54, 1.807) is 7.11 Å². The zero-order chi connectivity index (χ0) is 9.90. The lowest BCUT2D eigenvalue weighted by molar-refractivity contribution is -0.143. The highest BCUT2D eigenvalue weighted by molar-refractivity contribution is 5.63. The number of hydrogen-bond donors (Lipinski definition) is 0. The van der Waals surface area contributed by atoms with E-state index in [2.05, 4.69) is 13.8 Å². The van der Waals surface area contributed by atoms with Crippen LogP contribution in [0.2, 0.25) is 0 Å². The topological polar surface area (TPSA) is 26.3 Å². The van der Waals surface area contributed by atoms with Gasteiger partial charge in [0.1, 0.15) is 5.60 Å². The van der Waals surface area contributed by atoms with Gasteiger partial charge in [-0.2, -0.15) is 0 Å². The van der Waals surface area contributed by atoms with Gasteiger partial charge in [0.15, 0.2) is 6.29 Å². The summed E-state index contributed by atoms with van der Waals surface area (Å²) in [4.78, 5) is 11.1. The summed E-state index contributed by atoms with van der Waals surface area (Å²) < 4.78 is 5.43. The Hall–Kier alpha value is -0.370. The molecular weight excluding hydrogens is 164 g/mol. The first-order chi connectivity index (χ1) is 6.16. The fraction of sp³-hybridized carbons (Fsp3) is 0.909. The number of rotatable bonds is 3. The van der Waals surface area contributed by atoms with Crippen molar-refractivity contribution in [3.63, 3.8) is 0 Å². The summed E-state index contributed by atoms with van der Waals surface area (Å²) in [6.45, 7) is 4.35. The fourth-order valence-corrected chi connectivity index (χ4v) is 2.54. The van der Waals surface area contributed by atoms with Crippen LogP contribution in [0, 0.1) is 11.8 Å². The molecule has 0 spiro atoms. The van der Waals surface area contributed by atoms with E-state index in [0.29, 0.717) is 11.8 Å². The van der Waals surface area contributed by atoms with Gasteiger partial charge in [0, 0.05) is 7.11 Å². The quantitative estimate of drug-likeness (QED) is 0.630. The Morgan fingerprint density at radius 3 is 2.54 bits per heavy atom. The number of methoxy groups -OCH3 is 1. The van der Waals surface area contributed by atoms with Gasteiger partial charge in [-0.1, -0.05) is 26.7 Å². The molecule has 2 atom stereocenters. The van der Waals surface area contributed by atoms with Crippen molar-refractivity contribution in [1.82, 2.24) is 0 Å². The first kappa shape index (κ1) is 10.7. The zero-order valence-corrected chi connectivity index (χ0v) is 8.88.